The summed E-state index contributed by atoms with van der Waals surface area (Å²) in [6.07, 6.45) is 3.26. The van der Waals surface area contributed by atoms with E-state index in [1.807, 2.05) is 4.90 Å². The standard InChI is InChI=1S/C17H19FN4O3/c1-11(23)16-13(18)6-3-7-15(16)21-8-4-5-12(9-21)22-10-14(19-20-22)17(24)25-2/h3,6-7,10,12H,4-5,8-9H2,1-2H3/t12-/m1/s1. The topological polar surface area (TPSA) is 77.3 Å². The lowest BCUT2D eigenvalue weighted by Gasteiger charge is -2.35. The molecule has 1 aliphatic heterocycles. The molecule has 0 amide bonds. The minimum Gasteiger partial charge on any atom is -0.464 e. The van der Waals surface area contributed by atoms with Gasteiger partial charge >= 0.3 is 5.97 Å². The van der Waals surface area contributed by atoms with Crippen molar-refractivity contribution in [3.05, 3.63) is 41.5 Å². The Morgan fingerprint density at radius 3 is 2.88 bits per heavy atom. The van der Waals surface area contributed by atoms with Gasteiger partial charge in [-0.3, -0.25) is 4.79 Å². The molecular formula is C17H19FN4O3. The molecule has 1 fully saturated rings. The molecule has 1 aromatic heterocycles. The second kappa shape index (κ2) is 7.00. The molecule has 1 atom stereocenters. The van der Waals surface area contributed by atoms with Gasteiger partial charge in [0.25, 0.3) is 0 Å². The monoisotopic (exact) mass is 346 g/mol. The Kier molecular flexibility index (Phi) is 4.78. The van der Waals surface area contributed by atoms with Crippen LogP contribution in [0.2, 0.25) is 0 Å². The van der Waals surface area contributed by atoms with Crippen LogP contribution in [0.4, 0.5) is 10.1 Å². The first-order valence-electron chi connectivity index (χ1n) is 8.05. The second-order valence-electron chi connectivity index (χ2n) is 6.01. The van der Waals surface area contributed by atoms with Crippen molar-refractivity contribution in [2.45, 2.75) is 25.8 Å². The average Bonchev–Trinajstić information content (AvgIpc) is 3.11. The van der Waals surface area contributed by atoms with Crippen LogP contribution in [0.25, 0.3) is 0 Å². The Balaban J connectivity index is 1.85. The normalized spacial score (nSPS) is 17.4. The minimum absolute atomic E-state index is 0.0252. The number of ketones is 1. The number of hydrogen-bond acceptors (Lipinski definition) is 6. The highest BCUT2D eigenvalue weighted by atomic mass is 19.1. The van der Waals surface area contributed by atoms with E-state index in [1.54, 1.807) is 23.0 Å². The van der Waals surface area contributed by atoms with Crippen molar-refractivity contribution in [3.8, 4) is 0 Å². The SMILES string of the molecule is COC(=O)c1cn([C@@H]2CCCN(c3cccc(F)c3C(C)=O)C2)nn1. The van der Waals surface area contributed by atoms with Gasteiger partial charge in [-0.05, 0) is 31.9 Å². The van der Waals surface area contributed by atoms with Crippen molar-refractivity contribution < 1.29 is 18.7 Å². The summed E-state index contributed by atoms with van der Waals surface area (Å²) in [5, 5.41) is 7.84. The number of methoxy groups -OCH3 is 1. The van der Waals surface area contributed by atoms with E-state index >= 15 is 0 Å². The molecule has 3 rings (SSSR count). The lowest BCUT2D eigenvalue weighted by Crippen LogP contribution is -2.37. The fraction of sp³-hybridized carbons (Fsp3) is 0.412. The smallest absolute Gasteiger partial charge is 0.360 e. The molecule has 2 heterocycles. The molecule has 7 nitrogen and oxygen atoms in total. The maximum Gasteiger partial charge on any atom is 0.360 e. The fourth-order valence-corrected chi connectivity index (χ4v) is 3.17. The summed E-state index contributed by atoms with van der Waals surface area (Å²) in [5.74, 6) is -1.35. The van der Waals surface area contributed by atoms with Crippen LogP contribution in [-0.4, -0.2) is 46.9 Å². The van der Waals surface area contributed by atoms with E-state index in [0.29, 0.717) is 12.2 Å². The van der Waals surface area contributed by atoms with Crippen LogP contribution >= 0.6 is 0 Å². The number of nitrogens with zero attached hydrogens (tertiary/aromatic N) is 4. The molecule has 0 bridgehead atoms. The number of benzene rings is 1. The van der Waals surface area contributed by atoms with Crippen molar-refractivity contribution in [3.63, 3.8) is 0 Å². The van der Waals surface area contributed by atoms with Crippen LogP contribution in [-0.2, 0) is 4.74 Å². The van der Waals surface area contributed by atoms with E-state index in [1.165, 1.54) is 20.1 Å². The maximum absolute atomic E-state index is 14.1. The first-order valence-corrected chi connectivity index (χ1v) is 8.05. The second-order valence-corrected chi connectivity index (χ2v) is 6.01. The number of anilines is 1. The van der Waals surface area contributed by atoms with Gasteiger partial charge in [0.2, 0.25) is 0 Å². The van der Waals surface area contributed by atoms with Gasteiger partial charge in [-0.1, -0.05) is 11.3 Å². The number of esters is 1. The summed E-state index contributed by atoms with van der Waals surface area (Å²) in [7, 11) is 1.29. The molecule has 1 saturated heterocycles. The molecule has 0 saturated carbocycles. The lowest BCUT2D eigenvalue weighted by molar-refractivity contribution is 0.0593. The molecule has 25 heavy (non-hydrogen) atoms. The molecule has 2 aromatic rings. The van der Waals surface area contributed by atoms with Crippen molar-refractivity contribution in [1.29, 1.82) is 0 Å². The summed E-state index contributed by atoms with van der Waals surface area (Å²) in [6.45, 7) is 2.63. The van der Waals surface area contributed by atoms with Crippen LogP contribution < -0.4 is 4.90 Å². The summed E-state index contributed by atoms with van der Waals surface area (Å²) >= 11 is 0. The van der Waals surface area contributed by atoms with Crippen molar-refractivity contribution in [2.24, 2.45) is 0 Å². The van der Waals surface area contributed by atoms with Crippen LogP contribution in [0.3, 0.4) is 0 Å². The number of rotatable bonds is 4. The molecule has 132 valence electrons. The van der Waals surface area contributed by atoms with E-state index < -0.39 is 11.8 Å². The van der Waals surface area contributed by atoms with Gasteiger partial charge in [-0.15, -0.1) is 5.10 Å². The highest BCUT2D eigenvalue weighted by Gasteiger charge is 2.26. The molecule has 1 aliphatic rings. The molecule has 0 aliphatic carbocycles. The number of carbonyl (C=O) groups excluding carboxylic acids is 2. The van der Waals surface area contributed by atoms with E-state index in [2.05, 4.69) is 15.0 Å². The molecule has 0 unspecified atom stereocenters. The molecule has 0 radical (unpaired) electrons. The van der Waals surface area contributed by atoms with Crippen LogP contribution in [0.1, 0.15) is 46.7 Å². The highest BCUT2D eigenvalue weighted by Crippen LogP contribution is 2.30. The predicted octanol–water partition coefficient (Wildman–Crippen LogP) is 2.25. The Bertz CT molecular complexity index is 805. The molecule has 8 heteroatoms. The first-order chi connectivity index (χ1) is 12.0. The summed E-state index contributed by atoms with van der Waals surface area (Å²) in [4.78, 5) is 25.4. The molecular weight excluding hydrogens is 327 g/mol. The van der Waals surface area contributed by atoms with E-state index in [9.17, 15) is 14.0 Å². The summed E-state index contributed by atoms with van der Waals surface area (Å²) < 4.78 is 20.3. The minimum atomic E-state index is -0.539. The average molecular weight is 346 g/mol. The third-order valence-corrected chi connectivity index (χ3v) is 4.36. The number of piperidine rings is 1. The predicted molar refractivity (Wildman–Crippen MR) is 88.3 cm³/mol. The highest BCUT2D eigenvalue weighted by molar-refractivity contribution is 6.00. The zero-order valence-electron chi connectivity index (χ0n) is 14.1. The first kappa shape index (κ1) is 17.1. The van der Waals surface area contributed by atoms with Gasteiger partial charge in [-0.2, -0.15) is 0 Å². The Morgan fingerprint density at radius 1 is 1.36 bits per heavy atom. The van der Waals surface area contributed by atoms with Crippen LogP contribution in [0.15, 0.2) is 24.4 Å². The van der Waals surface area contributed by atoms with Crippen LogP contribution in [0.5, 0.6) is 0 Å². The van der Waals surface area contributed by atoms with Gasteiger partial charge in [0.15, 0.2) is 11.5 Å². The van der Waals surface area contributed by atoms with Gasteiger partial charge < -0.3 is 9.64 Å². The molecule has 0 spiro atoms. The zero-order valence-corrected chi connectivity index (χ0v) is 14.1. The number of carbonyl (C=O) groups is 2. The number of aromatic nitrogens is 3. The summed E-state index contributed by atoms with van der Waals surface area (Å²) in [5.41, 5.74) is 0.845. The van der Waals surface area contributed by atoms with Gasteiger partial charge in [0.1, 0.15) is 5.82 Å². The van der Waals surface area contributed by atoms with E-state index in [0.717, 1.165) is 19.4 Å². The third-order valence-electron chi connectivity index (χ3n) is 4.36. The van der Waals surface area contributed by atoms with E-state index in [-0.39, 0.29) is 23.1 Å². The van der Waals surface area contributed by atoms with Gasteiger partial charge in [-0.25, -0.2) is 13.9 Å². The number of hydrogen-bond donors (Lipinski definition) is 0. The zero-order chi connectivity index (χ0) is 18.0. The quantitative estimate of drug-likeness (QED) is 0.624. The number of Topliss-reactive ketones (excluding diaryl/α,β-unsaturated/α-hetero) is 1. The Morgan fingerprint density at radius 2 is 2.16 bits per heavy atom. The number of halogens is 1. The van der Waals surface area contributed by atoms with Gasteiger partial charge in [0, 0.05) is 13.1 Å². The maximum atomic E-state index is 14.1. The summed E-state index contributed by atoms with van der Waals surface area (Å²) in [6, 6.07) is 4.62. The van der Waals surface area contributed by atoms with Crippen LogP contribution in [0, 0.1) is 5.82 Å². The van der Waals surface area contributed by atoms with Crippen molar-refractivity contribution >= 4 is 17.4 Å². The molecule has 1 aromatic carbocycles. The Labute approximate surface area is 144 Å². The lowest BCUT2D eigenvalue weighted by atomic mass is 10.0. The third kappa shape index (κ3) is 3.38. The largest absolute Gasteiger partial charge is 0.464 e. The van der Waals surface area contributed by atoms with Crippen molar-refractivity contribution in [2.75, 3.05) is 25.1 Å². The fourth-order valence-electron chi connectivity index (χ4n) is 3.17. The molecule has 0 N–H and O–H groups in total. The van der Waals surface area contributed by atoms with Gasteiger partial charge in [0.05, 0.1) is 30.6 Å². The van der Waals surface area contributed by atoms with E-state index in [4.69, 9.17) is 0 Å². The van der Waals surface area contributed by atoms with Crippen molar-refractivity contribution in [1.82, 2.24) is 15.0 Å². The number of ether oxygens (including phenoxy) is 1. The Hall–Kier alpha value is -2.77.